The third kappa shape index (κ3) is 5.60. The van der Waals surface area contributed by atoms with Gasteiger partial charge in [0.05, 0.1) is 0 Å². The van der Waals surface area contributed by atoms with E-state index in [0.29, 0.717) is 30.3 Å². The molecule has 2 N–H and O–H groups in total. The van der Waals surface area contributed by atoms with Crippen LogP contribution in [-0.4, -0.2) is 59.7 Å². The van der Waals surface area contributed by atoms with Crippen LogP contribution in [-0.2, 0) is 16.2 Å². The van der Waals surface area contributed by atoms with Crippen LogP contribution in [0.4, 0.5) is 5.82 Å². The lowest BCUT2D eigenvalue weighted by atomic mass is 9.88. The van der Waals surface area contributed by atoms with Gasteiger partial charge in [0.25, 0.3) is 0 Å². The molecule has 1 amide bonds. The standard InChI is InChI=1S/C24H32N6O3/c1-33-27-23(21-4-2-3-11-30(21)32)19-8-14-29(15-9-19)24(31)20-6-12-28(13-7-20)17-18-5-10-26-22(25)16-18/h2-5,10-11,16,19-20H,6-9,12-15,17H2,1H3,(H2,25,26)/b27-23+. The van der Waals surface area contributed by atoms with E-state index in [0.717, 1.165) is 55.6 Å². The Morgan fingerprint density at radius 3 is 2.58 bits per heavy atom. The Balaban J connectivity index is 1.29. The summed E-state index contributed by atoms with van der Waals surface area (Å²) in [6.07, 6.45) is 6.49. The average Bonchev–Trinajstić information content (AvgIpc) is 2.83. The van der Waals surface area contributed by atoms with Crippen LogP contribution in [0.2, 0.25) is 0 Å². The fourth-order valence-corrected chi connectivity index (χ4v) is 4.88. The number of hydrogen-bond donors (Lipinski definition) is 1. The Labute approximate surface area is 194 Å². The molecule has 2 fully saturated rings. The van der Waals surface area contributed by atoms with E-state index in [1.807, 2.05) is 23.1 Å². The van der Waals surface area contributed by atoms with Crippen LogP contribution >= 0.6 is 0 Å². The number of carbonyl (C=O) groups is 1. The second kappa shape index (κ2) is 10.6. The zero-order valence-electron chi connectivity index (χ0n) is 19.1. The van der Waals surface area contributed by atoms with Gasteiger partial charge in [0.15, 0.2) is 11.9 Å². The maximum absolute atomic E-state index is 13.2. The Morgan fingerprint density at radius 2 is 1.91 bits per heavy atom. The number of pyridine rings is 2. The first-order chi connectivity index (χ1) is 16.0. The van der Waals surface area contributed by atoms with E-state index in [1.165, 1.54) is 13.3 Å². The number of anilines is 1. The molecule has 176 valence electrons. The van der Waals surface area contributed by atoms with Gasteiger partial charge in [-0.25, -0.2) is 4.98 Å². The summed E-state index contributed by atoms with van der Waals surface area (Å²) in [7, 11) is 1.49. The van der Waals surface area contributed by atoms with E-state index in [9.17, 15) is 10.0 Å². The Bertz CT molecular complexity index is 982. The number of aromatic nitrogens is 2. The maximum Gasteiger partial charge on any atom is 0.241 e. The zero-order chi connectivity index (χ0) is 23.2. The summed E-state index contributed by atoms with van der Waals surface area (Å²) in [5.74, 6) is 0.957. The normalized spacial score (nSPS) is 18.9. The highest BCUT2D eigenvalue weighted by Crippen LogP contribution is 2.26. The molecule has 4 rings (SSSR count). The first kappa shape index (κ1) is 23.0. The molecule has 2 saturated heterocycles. The zero-order valence-corrected chi connectivity index (χ0v) is 19.1. The fraction of sp³-hybridized carbons (Fsp3) is 0.500. The summed E-state index contributed by atoms with van der Waals surface area (Å²) in [5, 5.41) is 16.4. The van der Waals surface area contributed by atoms with Crippen LogP contribution in [0.3, 0.4) is 0 Å². The minimum absolute atomic E-state index is 0.0744. The number of piperidine rings is 2. The van der Waals surface area contributed by atoms with E-state index >= 15 is 0 Å². The molecule has 2 aliphatic heterocycles. The number of hydrogen-bond acceptors (Lipinski definition) is 7. The number of likely N-dealkylation sites (tertiary alicyclic amines) is 2. The number of rotatable bonds is 6. The highest BCUT2D eigenvalue weighted by molar-refractivity contribution is 5.99. The molecule has 33 heavy (non-hydrogen) atoms. The van der Waals surface area contributed by atoms with Crippen LogP contribution in [0.5, 0.6) is 0 Å². The number of amides is 1. The molecule has 2 aliphatic rings. The van der Waals surface area contributed by atoms with Crippen molar-refractivity contribution in [3.05, 3.63) is 59.2 Å². The van der Waals surface area contributed by atoms with Crippen LogP contribution in [0.15, 0.2) is 47.9 Å². The van der Waals surface area contributed by atoms with Crippen LogP contribution in [0.1, 0.15) is 36.9 Å². The van der Waals surface area contributed by atoms with E-state index in [1.54, 1.807) is 18.3 Å². The van der Waals surface area contributed by atoms with E-state index in [2.05, 4.69) is 15.0 Å². The van der Waals surface area contributed by atoms with Gasteiger partial charge in [-0.05, 0) is 62.5 Å². The molecule has 0 bridgehead atoms. The van der Waals surface area contributed by atoms with Crippen molar-refractivity contribution >= 4 is 17.4 Å². The van der Waals surface area contributed by atoms with Gasteiger partial charge in [0.2, 0.25) is 11.6 Å². The van der Waals surface area contributed by atoms with Crippen molar-refractivity contribution in [1.82, 2.24) is 14.8 Å². The first-order valence-electron chi connectivity index (χ1n) is 11.6. The van der Waals surface area contributed by atoms with Gasteiger partial charge in [-0.3, -0.25) is 9.69 Å². The Hall–Kier alpha value is -3.20. The quantitative estimate of drug-likeness (QED) is 0.310. The second-order valence-electron chi connectivity index (χ2n) is 8.81. The molecule has 0 aromatic carbocycles. The molecule has 2 aromatic heterocycles. The molecular weight excluding hydrogens is 420 g/mol. The number of oxime groups is 1. The lowest BCUT2D eigenvalue weighted by Gasteiger charge is -2.37. The molecule has 0 aliphatic carbocycles. The SMILES string of the molecule is CO/N=C(/c1cccc[n+]1[O-])C1CCN(C(=O)C2CCN(Cc3ccnc(N)c3)CC2)CC1. The summed E-state index contributed by atoms with van der Waals surface area (Å²) in [6.45, 7) is 3.98. The largest absolute Gasteiger partial charge is 0.618 e. The maximum atomic E-state index is 13.2. The van der Waals surface area contributed by atoms with Crippen molar-refractivity contribution in [2.75, 3.05) is 39.0 Å². The highest BCUT2D eigenvalue weighted by Gasteiger charge is 2.34. The van der Waals surface area contributed by atoms with Gasteiger partial charge in [-0.1, -0.05) is 5.16 Å². The minimum Gasteiger partial charge on any atom is -0.618 e. The summed E-state index contributed by atoms with van der Waals surface area (Å²) < 4.78 is 0.823. The number of nitrogen functional groups attached to an aromatic ring is 1. The average molecular weight is 453 g/mol. The first-order valence-corrected chi connectivity index (χ1v) is 11.6. The van der Waals surface area contributed by atoms with Gasteiger partial charge in [-0.15, -0.1) is 0 Å². The van der Waals surface area contributed by atoms with Crippen molar-refractivity contribution < 1.29 is 14.4 Å². The van der Waals surface area contributed by atoms with Crippen LogP contribution in [0.25, 0.3) is 0 Å². The van der Waals surface area contributed by atoms with E-state index in [-0.39, 0.29) is 17.7 Å². The summed E-state index contributed by atoms with van der Waals surface area (Å²) in [4.78, 5) is 26.6. The van der Waals surface area contributed by atoms with Crippen molar-refractivity contribution in [1.29, 1.82) is 0 Å². The number of nitrogens with two attached hydrogens (primary N) is 1. The Kier molecular flexibility index (Phi) is 7.39. The molecule has 9 heteroatoms. The van der Waals surface area contributed by atoms with Gasteiger partial charge in [0, 0.05) is 49.8 Å². The minimum atomic E-state index is 0.0744. The Morgan fingerprint density at radius 1 is 1.18 bits per heavy atom. The predicted octanol–water partition coefficient (Wildman–Crippen LogP) is 1.80. The number of carbonyl (C=O) groups excluding carboxylic acids is 1. The van der Waals surface area contributed by atoms with Gasteiger partial charge in [0.1, 0.15) is 12.9 Å². The fourth-order valence-electron chi connectivity index (χ4n) is 4.88. The lowest BCUT2D eigenvalue weighted by molar-refractivity contribution is -0.607. The highest BCUT2D eigenvalue weighted by atomic mass is 16.6. The van der Waals surface area contributed by atoms with Gasteiger partial charge < -0.3 is 20.7 Å². The molecule has 0 saturated carbocycles. The van der Waals surface area contributed by atoms with Crippen LogP contribution < -0.4 is 10.5 Å². The molecule has 9 nitrogen and oxygen atoms in total. The van der Waals surface area contributed by atoms with Crippen molar-refractivity contribution in [3.63, 3.8) is 0 Å². The molecule has 4 heterocycles. The molecule has 0 radical (unpaired) electrons. The van der Waals surface area contributed by atoms with Crippen molar-refractivity contribution in [2.24, 2.45) is 17.0 Å². The number of nitrogens with zero attached hydrogens (tertiary/aromatic N) is 5. The van der Waals surface area contributed by atoms with E-state index < -0.39 is 0 Å². The summed E-state index contributed by atoms with van der Waals surface area (Å²) in [5.41, 5.74) is 8.10. The topological polar surface area (TPSA) is 111 Å². The van der Waals surface area contributed by atoms with E-state index in [4.69, 9.17) is 10.6 Å². The molecule has 0 unspecified atom stereocenters. The summed E-state index contributed by atoms with van der Waals surface area (Å²) in [6, 6.07) is 9.18. The smallest absolute Gasteiger partial charge is 0.241 e. The predicted molar refractivity (Wildman–Crippen MR) is 125 cm³/mol. The molecule has 0 spiro atoms. The molecular formula is C24H32N6O3. The third-order valence-electron chi connectivity index (χ3n) is 6.66. The summed E-state index contributed by atoms with van der Waals surface area (Å²) >= 11 is 0. The molecule has 2 aromatic rings. The molecule has 0 atom stereocenters. The monoisotopic (exact) mass is 452 g/mol. The lowest BCUT2D eigenvalue weighted by Crippen LogP contribution is -2.47. The van der Waals surface area contributed by atoms with Gasteiger partial charge in [-0.2, -0.15) is 4.73 Å². The third-order valence-corrected chi connectivity index (χ3v) is 6.66. The van der Waals surface area contributed by atoms with Crippen LogP contribution in [0, 0.1) is 17.0 Å². The second-order valence-corrected chi connectivity index (χ2v) is 8.81. The van der Waals surface area contributed by atoms with Crippen molar-refractivity contribution in [2.45, 2.75) is 32.2 Å². The van der Waals surface area contributed by atoms with Crippen molar-refractivity contribution in [3.8, 4) is 0 Å². The van der Waals surface area contributed by atoms with Gasteiger partial charge >= 0.3 is 0 Å².